The number of ether oxygens (including phenoxy) is 1. The van der Waals surface area contributed by atoms with Crippen molar-refractivity contribution < 1.29 is 17.9 Å². The van der Waals surface area contributed by atoms with E-state index >= 15 is 0 Å². The van der Waals surface area contributed by atoms with Gasteiger partial charge in [0.25, 0.3) is 0 Å². The summed E-state index contributed by atoms with van der Waals surface area (Å²) in [5.41, 5.74) is 1.45. The van der Waals surface area contributed by atoms with Crippen LogP contribution in [0.5, 0.6) is 5.75 Å². The molecule has 3 aromatic rings. The maximum atomic E-state index is 12.4. The summed E-state index contributed by atoms with van der Waals surface area (Å²) >= 11 is 0. The van der Waals surface area contributed by atoms with Crippen LogP contribution in [0.15, 0.2) is 59.8 Å². The van der Waals surface area contributed by atoms with Gasteiger partial charge in [0.05, 0.1) is 30.3 Å². The molecule has 1 amide bonds. The summed E-state index contributed by atoms with van der Waals surface area (Å²) in [5, 5.41) is 2.69. The predicted molar refractivity (Wildman–Crippen MR) is 99.8 cm³/mol. The third-order valence-electron chi connectivity index (χ3n) is 3.95. The minimum absolute atomic E-state index is 0.0586. The number of hydrogen-bond acceptors (Lipinski definition) is 5. The van der Waals surface area contributed by atoms with Crippen molar-refractivity contribution >= 4 is 21.6 Å². The van der Waals surface area contributed by atoms with Gasteiger partial charge in [-0.1, -0.05) is 6.07 Å². The van der Waals surface area contributed by atoms with Crippen molar-refractivity contribution in [1.29, 1.82) is 0 Å². The maximum absolute atomic E-state index is 12.4. The van der Waals surface area contributed by atoms with E-state index < -0.39 is 22.0 Å². The number of rotatable bonds is 7. The topological polar surface area (TPSA) is 102 Å². The molecular formula is C18H20N4O4S. The second-order valence-electron chi connectivity index (χ2n) is 5.93. The first-order valence-corrected chi connectivity index (χ1v) is 9.74. The van der Waals surface area contributed by atoms with Crippen LogP contribution in [0.1, 0.15) is 12.6 Å². The van der Waals surface area contributed by atoms with Gasteiger partial charge in [0.1, 0.15) is 11.4 Å². The minimum Gasteiger partial charge on any atom is -0.497 e. The molecule has 9 heteroatoms. The standard InChI is InChI=1S/C18H20N4O4S/c1-13(21-27(24,25)16-8-6-15(26-2)7-9-16)18(23)19-11-14-12-22-10-4-3-5-17(22)20-14/h3-10,12-13,21H,11H2,1-2H3,(H,19,23)/t13-/m0/s1. The normalized spacial score (nSPS) is 12.7. The van der Waals surface area contributed by atoms with Crippen molar-refractivity contribution in [1.82, 2.24) is 19.4 Å². The lowest BCUT2D eigenvalue weighted by Gasteiger charge is -2.14. The van der Waals surface area contributed by atoms with Gasteiger partial charge in [-0.2, -0.15) is 4.72 Å². The number of methoxy groups -OCH3 is 1. The number of carbonyl (C=O) groups is 1. The van der Waals surface area contributed by atoms with Crippen molar-refractivity contribution in [2.45, 2.75) is 24.4 Å². The van der Waals surface area contributed by atoms with Gasteiger partial charge in [0.15, 0.2) is 0 Å². The lowest BCUT2D eigenvalue weighted by Crippen LogP contribution is -2.44. The quantitative estimate of drug-likeness (QED) is 0.636. The Bertz CT molecular complexity index is 1010. The fourth-order valence-electron chi connectivity index (χ4n) is 2.51. The SMILES string of the molecule is COc1ccc(S(=O)(=O)N[C@@H](C)C(=O)NCc2cn3ccccc3n2)cc1. The van der Waals surface area contributed by atoms with Crippen LogP contribution in [0.2, 0.25) is 0 Å². The molecule has 2 heterocycles. The number of hydrogen-bond donors (Lipinski definition) is 2. The molecule has 3 rings (SSSR count). The lowest BCUT2D eigenvalue weighted by molar-refractivity contribution is -0.122. The first-order chi connectivity index (χ1) is 12.9. The third kappa shape index (κ3) is 4.44. The number of pyridine rings is 1. The van der Waals surface area contributed by atoms with E-state index in [9.17, 15) is 13.2 Å². The van der Waals surface area contributed by atoms with Crippen LogP contribution in [0.25, 0.3) is 5.65 Å². The van der Waals surface area contributed by atoms with Crippen molar-refractivity contribution in [2.75, 3.05) is 7.11 Å². The maximum Gasteiger partial charge on any atom is 0.241 e. The van der Waals surface area contributed by atoms with E-state index in [-0.39, 0.29) is 11.4 Å². The van der Waals surface area contributed by atoms with E-state index in [1.54, 1.807) is 12.1 Å². The fourth-order valence-corrected chi connectivity index (χ4v) is 3.72. The second-order valence-corrected chi connectivity index (χ2v) is 7.65. The highest BCUT2D eigenvalue weighted by molar-refractivity contribution is 7.89. The molecular weight excluding hydrogens is 368 g/mol. The zero-order valence-electron chi connectivity index (χ0n) is 14.9. The number of benzene rings is 1. The molecule has 0 aliphatic heterocycles. The number of amides is 1. The van der Waals surface area contributed by atoms with Crippen LogP contribution in [-0.4, -0.2) is 36.9 Å². The van der Waals surface area contributed by atoms with Crippen LogP contribution >= 0.6 is 0 Å². The molecule has 0 unspecified atom stereocenters. The van der Waals surface area contributed by atoms with E-state index in [1.165, 1.54) is 26.2 Å². The smallest absolute Gasteiger partial charge is 0.241 e. The molecule has 0 aliphatic rings. The van der Waals surface area contributed by atoms with Gasteiger partial charge in [-0.05, 0) is 43.3 Å². The van der Waals surface area contributed by atoms with Crippen LogP contribution < -0.4 is 14.8 Å². The van der Waals surface area contributed by atoms with E-state index in [2.05, 4.69) is 15.0 Å². The zero-order chi connectivity index (χ0) is 19.4. The molecule has 0 radical (unpaired) electrons. The highest BCUT2D eigenvalue weighted by Crippen LogP contribution is 2.15. The van der Waals surface area contributed by atoms with Crippen molar-refractivity contribution in [3.63, 3.8) is 0 Å². The number of carbonyl (C=O) groups excluding carboxylic acids is 1. The van der Waals surface area contributed by atoms with Gasteiger partial charge in [-0.15, -0.1) is 0 Å². The Hall–Kier alpha value is -2.91. The molecule has 27 heavy (non-hydrogen) atoms. The number of nitrogens with zero attached hydrogens (tertiary/aromatic N) is 2. The van der Waals surface area contributed by atoms with Crippen LogP contribution in [0.4, 0.5) is 0 Å². The molecule has 0 aliphatic carbocycles. The molecule has 0 bridgehead atoms. The first kappa shape index (κ1) is 18.9. The summed E-state index contributed by atoms with van der Waals surface area (Å²) in [7, 11) is -2.32. The first-order valence-electron chi connectivity index (χ1n) is 8.26. The Balaban J connectivity index is 1.60. The Morgan fingerprint density at radius 3 is 2.63 bits per heavy atom. The van der Waals surface area contributed by atoms with Gasteiger partial charge >= 0.3 is 0 Å². The van der Waals surface area contributed by atoms with Crippen molar-refractivity contribution in [2.24, 2.45) is 0 Å². The summed E-state index contributed by atoms with van der Waals surface area (Å²) in [6.07, 6.45) is 3.67. The van der Waals surface area contributed by atoms with Crippen LogP contribution in [0.3, 0.4) is 0 Å². The van der Waals surface area contributed by atoms with E-state index in [0.717, 1.165) is 5.65 Å². The van der Waals surface area contributed by atoms with Gasteiger partial charge in [-0.3, -0.25) is 4.79 Å². The second kappa shape index (κ2) is 7.77. The Morgan fingerprint density at radius 2 is 1.96 bits per heavy atom. The van der Waals surface area contributed by atoms with Crippen molar-refractivity contribution in [3.8, 4) is 5.75 Å². The molecule has 2 aromatic heterocycles. The molecule has 2 N–H and O–H groups in total. The van der Waals surface area contributed by atoms with Crippen molar-refractivity contribution in [3.05, 3.63) is 60.6 Å². The summed E-state index contributed by atoms with van der Waals surface area (Å²) in [6, 6.07) is 10.6. The van der Waals surface area contributed by atoms with Crippen LogP contribution in [-0.2, 0) is 21.4 Å². The summed E-state index contributed by atoms with van der Waals surface area (Å²) in [6.45, 7) is 1.69. The van der Waals surface area contributed by atoms with E-state index in [0.29, 0.717) is 11.4 Å². The minimum atomic E-state index is -3.82. The Kier molecular flexibility index (Phi) is 5.43. The van der Waals surface area contributed by atoms with Gasteiger partial charge in [-0.25, -0.2) is 13.4 Å². The summed E-state index contributed by atoms with van der Waals surface area (Å²) in [5.74, 6) is 0.108. The highest BCUT2D eigenvalue weighted by atomic mass is 32.2. The summed E-state index contributed by atoms with van der Waals surface area (Å²) < 4.78 is 34.0. The molecule has 0 saturated heterocycles. The van der Waals surface area contributed by atoms with Gasteiger partial charge < -0.3 is 14.5 Å². The molecule has 142 valence electrons. The number of aromatic nitrogens is 2. The number of imidazole rings is 1. The number of nitrogens with one attached hydrogen (secondary N) is 2. The molecule has 0 saturated carbocycles. The van der Waals surface area contributed by atoms with Gasteiger partial charge in [0.2, 0.25) is 15.9 Å². The zero-order valence-corrected chi connectivity index (χ0v) is 15.7. The average Bonchev–Trinajstić information content (AvgIpc) is 3.08. The molecule has 8 nitrogen and oxygen atoms in total. The highest BCUT2D eigenvalue weighted by Gasteiger charge is 2.22. The van der Waals surface area contributed by atoms with Crippen LogP contribution in [0, 0.1) is 0 Å². The molecule has 0 fully saturated rings. The Labute approximate surface area is 157 Å². The number of sulfonamides is 1. The molecule has 1 atom stereocenters. The van der Waals surface area contributed by atoms with E-state index in [1.807, 2.05) is 35.0 Å². The van der Waals surface area contributed by atoms with E-state index in [4.69, 9.17) is 4.74 Å². The molecule has 1 aromatic carbocycles. The lowest BCUT2D eigenvalue weighted by atomic mass is 10.3. The molecule has 0 spiro atoms. The third-order valence-corrected chi connectivity index (χ3v) is 5.51. The largest absolute Gasteiger partial charge is 0.497 e. The average molecular weight is 388 g/mol. The summed E-state index contributed by atoms with van der Waals surface area (Å²) in [4.78, 5) is 16.7. The fraction of sp³-hybridized carbons (Fsp3) is 0.222. The predicted octanol–water partition coefficient (Wildman–Crippen LogP) is 1.33. The monoisotopic (exact) mass is 388 g/mol. The Morgan fingerprint density at radius 1 is 1.22 bits per heavy atom. The number of fused-ring (bicyclic) bond motifs is 1. The van der Waals surface area contributed by atoms with Gasteiger partial charge in [0, 0.05) is 12.4 Å².